The molecule has 0 aliphatic carbocycles. The van der Waals surface area contributed by atoms with Crippen molar-refractivity contribution in [2.45, 2.75) is 12.3 Å². The summed E-state index contributed by atoms with van der Waals surface area (Å²) in [5.41, 5.74) is 2.54. The second-order valence-corrected chi connectivity index (χ2v) is 5.22. The van der Waals surface area contributed by atoms with E-state index in [2.05, 4.69) is 44.4 Å². The molecule has 1 aliphatic heterocycles. The Bertz CT molecular complexity index is 501. The van der Waals surface area contributed by atoms with Crippen LogP contribution in [0.25, 0.3) is 5.69 Å². The Morgan fingerprint density at radius 1 is 1.41 bits per heavy atom. The third kappa shape index (κ3) is 2.15. The molecule has 0 saturated carbocycles. The largest absolute Gasteiger partial charge is 0.316 e. The van der Waals surface area contributed by atoms with Crippen molar-refractivity contribution in [3.05, 3.63) is 47.0 Å². The molecule has 88 valence electrons. The Labute approximate surface area is 109 Å². The Morgan fingerprint density at radius 3 is 3.00 bits per heavy atom. The molecule has 1 fully saturated rings. The highest BCUT2D eigenvalue weighted by molar-refractivity contribution is 9.10. The summed E-state index contributed by atoms with van der Waals surface area (Å²) in [5, 5.41) is 3.40. The van der Waals surface area contributed by atoms with E-state index in [0.717, 1.165) is 23.2 Å². The monoisotopic (exact) mass is 291 g/mol. The number of imidazole rings is 1. The lowest BCUT2D eigenvalue weighted by Gasteiger charge is -2.12. The van der Waals surface area contributed by atoms with Gasteiger partial charge in [-0.2, -0.15) is 0 Å². The van der Waals surface area contributed by atoms with E-state index in [1.165, 1.54) is 12.0 Å². The zero-order chi connectivity index (χ0) is 11.7. The van der Waals surface area contributed by atoms with Gasteiger partial charge in [0.2, 0.25) is 0 Å². The van der Waals surface area contributed by atoms with Crippen molar-refractivity contribution >= 4 is 15.9 Å². The molecule has 17 heavy (non-hydrogen) atoms. The second-order valence-electron chi connectivity index (χ2n) is 4.37. The first-order chi connectivity index (χ1) is 8.34. The Morgan fingerprint density at radius 2 is 2.35 bits per heavy atom. The molecule has 0 radical (unpaired) electrons. The number of hydrogen-bond acceptors (Lipinski definition) is 2. The summed E-state index contributed by atoms with van der Waals surface area (Å²) < 4.78 is 3.14. The fourth-order valence-corrected chi connectivity index (χ4v) is 2.93. The highest BCUT2D eigenvalue weighted by Gasteiger charge is 2.17. The minimum atomic E-state index is 0.656. The molecule has 3 rings (SSSR count). The van der Waals surface area contributed by atoms with Gasteiger partial charge in [0.05, 0.1) is 12.0 Å². The maximum absolute atomic E-state index is 4.07. The molecule has 1 aliphatic rings. The quantitative estimate of drug-likeness (QED) is 0.922. The molecule has 1 N–H and O–H groups in total. The van der Waals surface area contributed by atoms with Crippen molar-refractivity contribution in [2.24, 2.45) is 0 Å². The van der Waals surface area contributed by atoms with E-state index >= 15 is 0 Å². The molecule has 1 atom stereocenters. The number of halogens is 1. The van der Waals surface area contributed by atoms with Crippen LogP contribution < -0.4 is 5.32 Å². The summed E-state index contributed by atoms with van der Waals surface area (Å²) in [4.78, 5) is 4.07. The van der Waals surface area contributed by atoms with E-state index in [4.69, 9.17) is 0 Å². The average molecular weight is 292 g/mol. The molecule has 2 heterocycles. The van der Waals surface area contributed by atoms with E-state index in [9.17, 15) is 0 Å². The number of hydrogen-bond donors (Lipinski definition) is 1. The van der Waals surface area contributed by atoms with Gasteiger partial charge in [-0.1, -0.05) is 6.07 Å². The first-order valence-corrected chi connectivity index (χ1v) is 6.62. The van der Waals surface area contributed by atoms with Crippen molar-refractivity contribution < 1.29 is 0 Å². The van der Waals surface area contributed by atoms with Gasteiger partial charge in [-0.3, -0.25) is 0 Å². The molecular formula is C13H14BrN3. The van der Waals surface area contributed by atoms with E-state index in [1.54, 1.807) is 6.20 Å². The van der Waals surface area contributed by atoms with Crippen LogP contribution in [-0.4, -0.2) is 22.6 Å². The van der Waals surface area contributed by atoms with Crippen molar-refractivity contribution in [3.8, 4) is 5.69 Å². The molecule has 0 bridgehead atoms. The predicted molar refractivity (Wildman–Crippen MR) is 71.5 cm³/mol. The molecule has 1 saturated heterocycles. The van der Waals surface area contributed by atoms with Gasteiger partial charge >= 0.3 is 0 Å². The van der Waals surface area contributed by atoms with Crippen LogP contribution in [0.4, 0.5) is 0 Å². The van der Waals surface area contributed by atoms with Gasteiger partial charge in [-0.15, -0.1) is 0 Å². The Kier molecular flexibility index (Phi) is 2.99. The van der Waals surface area contributed by atoms with Gasteiger partial charge in [-0.05, 0) is 52.5 Å². The first kappa shape index (κ1) is 11.0. The maximum Gasteiger partial charge on any atom is 0.0992 e. The van der Waals surface area contributed by atoms with E-state index < -0.39 is 0 Å². The molecule has 4 heteroatoms. The highest BCUT2D eigenvalue weighted by atomic mass is 79.9. The number of nitrogens with zero attached hydrogens (tertiary/aromatic N) is 2. The van der Waals surface area contributed by atoms with Gasteiger partial charge in [0.25, 0.3) is 0 Å². The Hall–Kier alpha value is -1.13. The zero-order valence-corrected chi connectivity index (χ0v) is 11.0. The van der Waals surface area contributed by atoms with Crippen molar-refractivity contribution in [2.75, 3.05) is 13.1 Å². The van der Waals surface area contributed by atoms with Gasteiger partial charge in [0.1, 0.15) is 0 Å². The number of nitrogens with one attached hydrogen (secondary N) is 1. The SMILES string of the molecule is Brc1cc(C2CCNC2)ccc1-n1ccnc1. The molecule has 2 aromatic rings. The van der Waals surface area contributed by atoms with Crippen LogP contribution in [0.5, 0.6) is 0 Å². The normalized spacial score (nSPS) is 19.7. The Balaban J connectivity index is 1.94. The minimum absolute atomic E-state index is 0.656. The van der Waals surface area contributed by atoms with E-state index in [1.807, 2.05) is 17.1 Å². The van der Waals surface area contributed by atoms with Gasteiger partial charge in [-0.25, -0.2) is 4.98 Å². The topological polar surface area (TPSA) is 29.9 Å². The summed E-state index contributed by atoms with van der Waals surface area (Å²) >= 11 is 3.65. The van der Waals surface area contributed by atoms with Crippen LogP contribution in [0.2, 0.25) is 0 Å². The fraction of sp³-hybridized carbons (Fsp3) is 0.308. The minimum Gasteiger partial charge on any atom is -0.316 e. The highest BCUT2D eigenvalue weighted by Crippen LogP contribution is 2.28. The summed E-state index contributed by atoms with van der Waals surface area (Å²) in [5.74, 6) is 0.656. The van der Waals surface area contributed by atoms with Crippen LogP contribution in [0.3, 0.4) is 0 Å². The van der Waals surface area contributed by atoms with Crippen LogP contribution in [-0.2, 0) is 0 Å². The zero-order valence-electron chi connectivity index (χ0n) is 9.44. The average Bonchev–Trinajstić information content (AvgIpc) is 3.02. The number of benzene rings is 1. The second kappa shape index (κ2) is 4.63. The van der Waals surface area contributed by atoms with E-state index in [0.29, 0.717) is 5.92 Å². The first-order valence-electron chi connectivity index (χ1n) is 5.83. The molecule has 1 aromatic carbocycles. The third-order valence-corrected chi connectivity index (χ3v) is 3.92. The third-order valence-electron chi connectivity index (χ3n) is 3.29. The fourth-order valence-electron chi connectivity index (χ4n) is 2.33. The summed E-state index contributed by atoms with van der Waals surface area (Å²) in [6, 6.07) is 6.60. The lowest BCUT2D eigenvalue weighted by atomic mass is 9.98. The maximum atomic E-state index is 4.07. The molecule has 1 unspecified atom stereocenters. The predicted octanol–water partition coefficient (Wildman–Crippen LogP) is 2.71. The molecule has 0 amide bonds. The summed E-state index contributed by atoms with van der Waals surface area (Å²) in [6.07, 6.45) is 6.80. The standard InChI is InChI=1S/C13H14BrN3/c14-12-7-10(11-3-4-15-8-11)1-2-13(12)17-6-5-16-9-17/h1-2,5-7,9,11,15H,3-4,8H2. The molecule has 0 spiro atoms. The molecular weight excluding hydrogens is 278 g/mol. The molecule has 3 nitrogen and oxygen atoms in total. The lowest BCUT2D eigenvalue weighted by molar-refractivity contribution is 0.762. The molecule has 1 aromatic heterocycles. The number of aromatic nitrogens is 2. The van der Waals surface area contributed by atoms with Crippen molar-refractivity contribution in [3.63, 3.8) is 0 Å². The van der Waals surface area contributed by atoms with Crippen LogP contribution >= 0.6 is 15.9 Å². The smallest absolute Gasteiger partial charge is 0.0992 e. The van der Waals surface area contributed by atoms with Crippen LogP contribution in [0, 0.1) is 0 Å². The summed E-state index contributed by atoms with van der Waals surface area (Å²) in [7, 11) is 0. The number of rotatable bonds is 2. The van der Waals surface area contributed by atoms with Crippen LogP contribution in [0.1, 0.15) is 17.9 Å². The lowest BCUT2D eigenvalue weighted by Crippen LogP contribution is -2.08. The van der Waals surface area contributed by atoms with Gasteiger partial charge in [0, 0.05) is 23.4 Å². The van der Waals surface area contributed by atoms with Gasteiger partial charge in [0.15, 0.2) is 0 Å². The van der Waals surface area contributed by atoms with Crippen molar-refractivity contribution in [1.29, 1.82) is 0 Å². The van der Waals surface area contributed by atoms with Crippen LogP contribution in [0.15, 0.2) is 41.4 Å². The summed E-state index contributed by atoms with van der Waals surface area (Å²) in [6.45, 7) is 2.22. The van der Waals surface area contributed by atoms with Gasteiger partial charge < -0.3 is 9.88 Å². The van der Waals surface area contributed by atoms with E-state index in [-0.39, 0.29) is 0 Å². The van der Waals surface area contributed by atoms with Crippen molar-refractivity contribution in [1.82, 2.24) is 14.9 Å².